The molecule has 1 aromatic carbocycles. The minimum Gasteiger partial charge on any atom is -0.378 e. The number of nitrogens with one attached hydrogen (secondary N) is 2. The fourth-order valence-electron chi connectivity index (χ4n) is 3.44. The van der Waals surface area contributed by atoms with Crippen LogP contribution < -0.4 is 10.2 Å². The number of benzene rings is 1. The lowest BCUT2D eigenvalue weighted by molar-refractivity contribution is 0.122. The summed E-state index contributed by atoms with van der Waals surface area (Å²) in [5, 5.41) is 16.2. The number of hydrogen-bond acceptors (Lipinski definition) is 6. The van der Waals surface area contributed by atoms with Gasteiger partial charge in [0, 0.05) is 30.7 Å². The van der Waals surface area contributed by atoms with E-state index < -0.39 is 0 Å². The van der Waals surface area contributed by atoms with E-state index in [1.807, 2.05) is 12.3 Å². The Kier molecular flexibility index (Phi) is 4.23. The van der Waals surface area contributed by atoms with E-state index in [4.69, 9.17) is 4.74 Å². The molecule has 3 aromatic heterocycles. The number of aromatic amines is 1. The number of anilines is 3. The lowest BCUT2D eigenvalue weighted by atomic mass is 10.1. The van der Waals surface area contributed by atoms with Gasteiger partial charge >= 0.3 is 0 Å². The number of hydrogen-bond donors (Lipinski definition) is 2. The van der Waals surface area contributed by atoms with Gasteiger partial charge in [-0.1, -0.05) is 6.07 Å². The lowest BCUT2D eigenvalue weighted by Crippen LogP contribution is -2.36. The molecule has 4 aromatic rings. The number of morpholine rings is 1. The molecular weight excluding hydrogens is 358 g/mol. The van der Waals surface area contributed by atoms with Crippen LogP contribution in [0.1, 0.15) is 0 Å². The average molecular weight is 377 g/mol. The first-order chi connectivity index (χ1) is 13.4. The highest BCUT2D eigenvalue weighted by Crippen LogP contribution is 2.34. The highest BCUT2D eigenvalue weighted by atomic mass is 32.1. The van der Waals surface area contributed by atoms with Gasteiger partial charge in [-0.2, -0.15) is 16.4 Å². The molecular formula is C20H19N5OS. The number of ether oxygens (including phenoxy) is 1. The molecule has 7 heteroatoms. The van der Waals surface area contributed by atoms with Crippen molar-refractivity contribution < 1.29 is 4.74 Å². The zero-order valence-corrected chi connectivity index (χ0v) is 15.5. The van der Waals surface area contributed by atoms with Crippen molar-refractivity contribution in [3.63, 3.8) is 0 Å². The van der Waals surface area contributed by atoms with E-state index in [-0.39, 0.29) is 0 Å². The van der Waals surface area contributed by atoms with Crippen LogP contribution in [-0.4, -0.2) is 41.5 Å². The number of rotatable bonds is 4. The van der Waals surface area contributed by atoms with E-state index in [1.54, 1.807) is 11.3 Å². The van der Waals surface area contributed by atoms with E-state index in [9.17, 15) is 0 Å². The molecule has 0 aliphatic carbocycles. The molecule has 1 fully saturated rings. The molecule has 4 heterocycles. The Bertz CT molecular complexity index is 1050. The van der Waals surface area contributed by atoms with E-state index in [0.29, 0.717) is 0 Å². The van der Waals surface area contributed by atoms with Crippen molar-refractivity contribution in [2.45, 2.75) is 0 Å². The molecule has 1 saturated heterocycles. The summed E-state index contributed by atoms with van der Waals surface area (Å²) in [6.45, 7) is 3.39. The second-order valence-electron chi connectivity index (χ2n) is 6.44. The molecule has 1 aliphatic heterocycles. The van der Waals surface area contributed by atoms with Crippen molar-refractivity contribution in [1.29, 1.82) is 0 Å². The molecule has 0 radical (unpaired) electrons. The number of aromatic nitrogens is 3. The fourth-order valence-corrected chi connectivity index (χ4v) is 4.09. The minimum atomic E-state index is 0.775. The number of H-pyrrole nitrogens is 1. The van der Waals surface area contributed by atoms with Gasteiger partial charge in [-0.25, -0.2) is 4.98 Å². The second-order valence-corrected chi connectivity index (χ2v) is 7.22. The van der Waals surface area contributed by atoms with Crippen molar-refractivity contribution in [2.75, 3.05) is 36.5 Å². The monoisotopic (exact) mass is 377 g/mol. The normalized spacial score (nSPS) is 14.6. The highest BCUT2D eigenvalue weighted by molar-refractivity contribution is 7.08. The maximum Gasteiger partial charge on any atom is 0.162 e. The van der Waals surface area contributed by atoms with Gasteiger partial charge in [0.25, 0.3) is 0 Å². The van der Waals surface area contributed by atoms with Crippen LogP contribution in [-0.2, 0) is 4.74 Å². The van der Waals surface area contributed by atoms with E-state index in [2.05, 4.69) is 66.5 Å². The van der Waals surface area contributed by atoms with Crippen LogP contribution >= 0.6 is 11.3 Å². The van der Waals surface area contributed by atoms with Crippen molar-refractivity contribution in [1.82, 2.24) is 15.2 Å². The topological polar surface area (TPSA) is 66.1 Å². The Balaban J connectivity index is 1.50. The predicted octanol–water partition coefficient (Wildman–Crippen LogP) is 4.27. The number of thiophene rings is 1. The predicted molar refractivity (Wildman–Crippen MR) is 110 cm³/mol. The van der Waals surface area contributed by atoms with Crippen LogP contribution in [0.4, 0.5) is 17.2 Å². The van der Waals surface area contributed by atoms with E-state index in [1.165, 1.54) is 11.3 Å². The summed E-state index contributed by atoms with van der Waals surface area (Å²) < 4.78 is 5.46. The summed E-state index contributed by atoms with van der Waals surface area (Å²) in [5.41, 5.74) is 5.29. The molecule has 0 unspecified atom stereocenters. The second kappa shape index (κ2) is 7.02. The van der Waals surface area contributed by atoms with Gasteiger partial charge in [-0.05, 0) is 52.2 Å². The first kappa shape index (κ1) is 16.3. The molecule has 0 saturated carbocycles. The van der Waals surface area contributed by atoms with Crippen molar-refractivity contribution in [3.8, 4) is 11.1 Å². The van der Waals surface area contributed by atoms with Gasteiger partial charge in [0.15, 0.2) is 11.5 Å². The molecule has 27 heavy (non-hydrogen) atoms. The van der Waals surface area contributed by atoms with Crippen LogP contribution in [0.5, 0.6) is 0 Å². The standard InChI is InChI=1S/C20H19N5OS/c1-2-15(12-16(3-1)25-7-9-26-10-8-25)22-20-18-17(14-5-11-27-13-14)4-6-21-19(18)23-24-20/h1-6,11-13H,7-10H2,(H2,21,22,23,24). The van der Waals surface area contributed by atoms with Gasteiger partial charge < -0.3 is 15.0 Å². The average Bonchev–Trinajstić information content (AvgIpc) is 3.39. The SMILES string of the molecule is c1cc(Nc2n[nH]c3nccc(-c4ccsc4)c23)cc(N2CCOCC2)c1. The summed E-state index contributed by atoms with van der Waals surface area (Å²) in [6, 6.07) is 12.6. The number of pyridine rings is 1. The lowest BCUT2D eigenvalue weighted by Gasteiger charge is -2.29. The van der Waals surface area contributed by atoms with Gasteiger partial charge in [0.1, 0.15) is 0 Å². The van der Waals surface area contributed by atoms with Gasteiger partial charge in [-0.15, -0.1) is 0 Å². The first-order valence-electron chi connectivity index (χ1n) is 8.94. The third-order valence-electron chi connectivity index (χ3n) is 4.78. The molecule has 0 bridgehead atoms. The minimum absolute atomic E-state index is 0.775. The number of fused-ring (bicyclic) bond motifs is 1. The third-order valence-corrected chi connectivity index (χ3v) is 5.46. The molecule has 5 rings (SSSR count). The smallest absolute Gasteiger partial charge is 0.162 e. The maximum absolute atomic E-state index is 5.46. The fraction of sp³-hybridized carbons (Fsp3) is 0.200. The Morgan fingerprint density at radius 3 is 2.93 bits per heavy atom. The zero-order chi connectivity index (χ0) is 18.1. The first-order valence-corrected chi connectivity index (χ1v) is 9.88. The Labute approximate surface area is 160 Å². The summed E-state index contributed by atoms with van der Waals surface area (Å²) in [7, 11) is 0. The van der Waals surface area contributed by atoms with Crippen molar-refractivity contribution in [3.05, 3.63) is 53.4 Å². The quantitative estimate of drug-likeness (QED) is 0.556. The Hall–Kier alpha value is -2.90. The Morgan fingerprint density at radius 2 is 2.07 bits per heavy atom. The molecule has 6 nitrogen and oxygen atoms in total. The van der Waals surface area contributed by atoms with Gasteiger partial charge in [0.05, 0.1) is 18.6 Å². The zero-order valence-electron chi connectivity index (χ0n) is 14.7. The van der Waals surface area contributed by atoms with Gasteiger partial charge in [0.2, 0.25) is 0 Å². The Morgan fingerprint density at radius 1 is 1.15 bits per heavy atom. The van der Waals surface area contributed by atoms with Crippen LogP contribution in [0.15, 0.2) is 53.4 Å². The molecule has 0 spiro atoms. The van der Waals surface area contributed by atoms with Crippen LogP contribution in [0.2, 0.25) is 0 Å². The summed E-state index contributed by atoms with van der Waals surface area (Å²) in [6.07, 6.45) is 1.82. The van der Waals surface area contributed by atoms with Crippen LogP contribution in [0, 0.1) is 0 Å². The number of nitrogens with zero attached hydrogens (tertiary/aromatic N) is 3. The largest absolute Gasteiger partial charge is 0.378 e. The van der Waals surface area contributed by atoms with Gasteiger partial charge in [-0.3, -0.25) is 5.10 Å². The van der Waals surface area contributed by atoms with E-state index in [0.717, 1.165) is 54.4 Å². The molecule has 136 valence electrons. The van der Waals surface area contributed by atoms with Crippen molar-refractivity contribution in [2.24, 2.45) is 0 Å². The summed E-state index contributed by atoms with van der Waals surface area (Å²) in [4.78, 5) is 6.77. The maximum atomic E-state index is 5.46. The molecule has 1 aliphatic rings. The molecule has 0 atom stereocenters. The molecule has 2 N–H and O–H groups in total. The third kappa shape index (κ3) is 3.15. The van der Waals surface area contributed by atoms with E-state index >= 15 is 0 Å². The molecule has 0 amide bonds. The van der Waals surface area contributed by atoms with Crippen LogP contribution in [0.25, 0.3) is 22.2 Å². The highest BCUT2D eigenvalue weighted by Gasteiger charge is 2.15. The summed E-state index contributed by atoms with van der Waals surface area (Å²) >= 11 is 1.69. The van der Waals surface area contributed by atoms with Crippen LogP contribution in [0.3, 0.4) is 0 Å². The van der Waals surface area contributed by atoms with Crippen molar-refractivity contribution >= 4 is 39.6 Å². The summed E-state index contributed by atoms with van der Waals surface area (Å²) in [5.74, 6) is 0.790.